The van der Waals surface area contributed by atoms with Crippen molar-refractivity contribution in [2.75, 3.05) is 37.8 Å². The molecule has 0 bridgehead atoms. The third-order valence-electron chi connectivity index (χ3n) is 8.72. The quantitative estimate of drug-likeness (QED) is 0.289. The topological polar surface area (TPSA) is 136 Å². The summed E-state index contributed by atoms with van der Waals surface area (Å²) in [7, 11) is 0. The predicted octanol–water partition coefficient (Wildman–Crippen LogP) is 3.26. The number of carbonyl (C=O) groups excluding carboxylic acids is 2. The van der Waals surface area contributed by atoms with Crippen molar-refractivity contribution in [3.8, 4) is 5.75 Å². The van der Waals surface area contributed by atoms with Crippen molar-refractivity contribution in [3.05, 3.63) is 89.5 Å². The van der Waals surface area contributed by atoms with E-state index in [4.69, 9.17) is 10.5 Å². The average molecular weight is 638 g/mol. The second kappa shape index (κ2) is 11.0. The smallest absolute Gasteiger partial charge is 0.350 e. The number of primary amides is 1. The molecule has 1 saturated heterocycles. The third kappa shape index (κ3) is 4.88. The van der Waals surface area contributed by atoms with E-state index in [1.165, 1.54) is 24.4 Å². The molecule has 2 aromatic carbocycles. The number of piperazine rings is 1. The number of tetrazole rings is 1. The number of ether oxygens (including phenoxy) is 1. The van der Waals surface area contributed by atoms with Crippen LogP contribution in [0.15, 0.2) is 66.9 Å². The van der Waals surface area contributed by atoms with Gasteiger partial charge in [-0.1, -0.05) is 41.2 Å². The highest BCUT2D eigenvalue weighted by atomic mass is 19.3. The van der Waals surface area contributed by atoms with Crippen LogP contribution in [0.2, 0.25) is 0 Å². The molecule has 1 aliphatic carbocycles. The molecule has 1 unspecified atom stereocenters. The first-order valence-corrected chi connectivity index (χ1v) is 14.4. The molecule has 2 aromatic heterocycles. The van der Waals surface area contributed by atoms with E-state index in [9.17, 15) is 27.2 Å². The van der Waals surface area contributed by atoms with Crippen molar-refractivity contribution >= 4 is 23.2 Å². The zero-order valence-electron chi connectivity index (χ0n) is 24.1. The predicted molar refractivity (Wildman–Crippen MR) is 154 cm³/mol. The molecule has 1 saturated carbocycles. The number of amides is 2. The van der Waals surface area contributed by atoms with Gasteiger partial charge >= 0.3 is 6.55 Å². The van der Waals surface area contributed by atoms with Gasteiger partial charge in [-0.2, -0.15) is 8.78 Å². The second-order valence-electron chi connectivity index (χ2n) is 11.3. The fraction of sp³-hybridized carbons (Fsp3) is 0.333. The lowest BCUT2D eigenvalue weighted by Crippen LogP contribution is -2.50. The number of carbonyl (C=O) groups is 2. The van der Waals surface area contributed by atoms with Gasteiger partial charge in [-0.3, -0.25) is 19.5 Å². The van der Waals surface area contributed by atoms with E-state index in [-0.39, 0.29) is 34.5 Å². The first-order valence-electron chi connectivity index (χ1n) is 14.4. The zero-order chi connectivity index (χ0) is 32.2. The van der Waals surface area contributed by atoms with E-state index in [0.717, 1.165) is 5.56 Å². The van der Waals surface area contributed by atoms with Crippen LogP contribution in [0.4, 0.5) is 28.9 Å². The number of halogens is 4. The summed E-state index contributed by atoms with van der Waals surface area (Å²) in [4.78, 5) is 35.6. The van der Waals surface area contributed by atoms with Gasteiger partial charge in [-0.25, -0.2) is 8.78 Å². The van der Waals surface area contributed by atoms with Gasteiger partial charge in [0.15, 0.2) is 12.6 Å². The minimum Gasteiger partial charge on any atom is -0.471 e. The molecule has 0 spiro atoms. The first-order chi connectivity index (χ1) is 22.1. The van der Waals surface area contributed by atoms with Gasteiger partial charge in [-0.15, -0.1) is 10.2 Å². The van der Waals surface area contributed by atoms with E-state index in [0.29, 0.717) is 43.3 Å². The van der Waals surface area contributed by atoms with Gasteiger partial charge in [0.2, 0.25) is 5.91 Å². The van der Waals surface area contributed by atoms with Crippen molar-refractivity contribution < 1.29 is 31.9 Å². The Hall–Kier alpha value is -5.12. The van der Waals surface area contributed by atoms with Gasteiger partial charge < -0.3 is 20.3 Å². The lowest BCUT2D eigenvalue weighted by atomic mass is 9.93. The molecule has 2 amide bonds. The number of anilines is 2. The van der Waals surface area contributed by atoms with E-state index < -0.39 is 36.3 Å². The maximum atomic E-state index is 14.3. The Kier molecular flexibility index (Phi) is 7.10. The van der Waals surface area contributed by atoms with Gasteiger partial charge in [0, 0.05) is 44.5 Å². The fourth-order valence-electron chi connectivity index (χ4n) is 6.18. The monoisotopic (exact) mass is 637 g/mol. The Bertz CT molecular complexity index is 1800. The largest absolute Gasteiger partial charge is 0.471 e. The van der Waals surface area contributed by atoms with Crippen LogP contribution in [0.1, 0.15) is 46.5 Å². The maximum Gasteiger partial charge on any atom is 0.350 e. The number of pyridine rings is 1. The summed E-state index contributed by atoms with van der Waals surface area (Å²) >= 11 is 0. The zero-order valence-corrected chi connectivity index (χ0v) is 24.1. The standard InChI is InChI=1S/C30H27F4N9O3/c31-28(32)43-38-25(37-39-43)24(18-4-2-1-3-5-18)40-10-12-41(13-11-40)26(44)21-15-20(8-9-36-21)42-17-46-23-7-6-19(14-22(23)42)29(27(35)45)16-30(29,33)34/h1-9,14-15,24,28H,10-13,16-17H2,(H2,35,45)/t24-,29?/m1/s1. The Morgan fingerprint density at radius 1 is 0.978 bits per heavy atom. The minimum absolute atomic E-state index is 0.0557. The highest BCUT2D eigenvalue weighted by Gasteiger charge is 2.76. The Morgan fingerprint density at radius 3 is 2.37 bits per heavy atom. The summed E-state index contributed by atoms with van der Waals surface area (Å²) in [6.45, 7) is -1.43. The van der Waals surface area contributed by atoms with Crippen LogP contribution in [-0.4, -0.2) is 85.6 Å². The van der Waals surface area contributed by atoms with E-state index in [1.54, 1.807) is 21.9 Å². The summed E-state index contributed by atoms with van der Waals surface area (Å²) in [5.74, 6) is -4.09. The molecule has 238 valence electrons. The Labute approximate surface area is 259 Å². The number of aromatic nitrogens is 5. The molecule has 7 rings (SSSR count). The normalized spacial score (nSPS) is 21.2. The molecule has 16 heteroatoms. The number of hydrogen-bond donors (Lipinski definition) is 1. The highest BCUT2D eigenvalue weighted by molar-refractivity contribution is 5.94. The lowest BCUT2D eigenvalue weighted by molar-refractivity contribution is -0.123. The number of rotatable bonds is 8. The molecule has 2 fully saturated rings. The third-order valence-corrected chi connectivity index (χ3v) is 8.72. The molecule has 12 nitrogen and oxygen atoms in total. The van der Waals surface area contributed by atoms with Crippen LogP contribution in [-0.2, 0) is 10.2 Å². The SMILES string of the molecule is NC(=O)C1(c2ccc3c(c2)N(c2ccnc(C(=O)N4CCN([C@H](c5ccccc5)c5nnn(C(F)F)n5)CC4)c2)CO3)CC1(F)F. The maximum absolute atomic E-state index is 14.3. The first kappa shape index (κ1) is 29.6. The van der Waals surface area contributed by atoms with Crippen LogP contribution >= 0.6 is 0 Å². The number of fused-ring (bicyclic) bond motifs is 1. The Morgan fingerprint density at radius 2 is 1.72 bits per heavy atom. The van der Waals surface area contributed by atoms with Crippen LogP contribution in [0.25, 0.3) is 0 Å². The molecule has 2 aliphatic heterocycles. The van der Waals surface area contributed by atoms with E-state index in [2.05, 4.69) is 20.4 Å². The number of benzene rings is 2. The van der Waals surface area contributed by atoms with Gasteiger partial charge in [0.25, 0.3) is 11.8 Å². The number of hydrogen-bond acceptors (Lipinski definition) is 9. The van der Waals surface area contributed by atoms with E-state index in [1.807, 2.05) is 35.2 Å². The van der Waals surface area contributed by atoms with Crippen molar-refractivity contribution in [3.63, 3.8) is 0 Å². The van der Waals surface area contributed by atoms with Crippen molar-refractivity contribution in [1.82, 2.24) is 35.0 Å². The summed E-state index contributed by atoms with van der Waals surface area (Å²) in [5, 5.41) is 11.3. The number of alkyl halides is 4. The Balaban J connectivity index is 1.08. The molecule has 4 aromatic rings. The minimum atomic E-state index is -3.24. The molecule has 0 radical (unpaired) electrons. The van der Waals surface area contributed by atoms with Crippen molar-refractivity contribution in [2.45, 2.75) is 30.3 Å². The lowest BCUT2D eigenvalue weighted by Gasteiger charge is -2.38. The van der Waals surface area contributed by atoms with Crippen molar-refractivity contribution in [2.24, 2.45) is 5.73 Å². The molecule has 46 heavy (non-hydrogen) atoms. The number of nitrogens with two attached hydrogens (primary N) is 1. The summed E-state index contributed by atoms with van der Waals surface area (Å²) < 4.78 is 60.8. The summed E-state index contributed by atoms with van der Waals surface area (Å²) in [5.41, 5.74) is 5.40. The van der Waals surface area contributed by atoms with Crippen LogP contribution in [0.3, 0.4) is 0 Å². The van der Waals surface area contributed by atoms with Crippen LogP contribution in [0.5, 0.6) is 5.75 Å². The molecule has 2 N–H and O–H groups in total. The van der Waals surface area contributed by atoms with Gasteiger partial charge in [-0.05, 0) is 40.6 Å². The molecule has 2 atom stereocenters. The van der Waals surface area contributed by atoms with Crippen LogP contribution < -0.4 is 15.4 Å². The summed E-state index contributed by atoms with van der Waals surface area (Å²) in [6.07, 6.45) is 0.818. The molecular formula is C30H27F4N9O3. The van der Waals surface area contributed by atoms with Gasteiger partial charge in [0.1, 0.15) is 16.9 Å². The average Bonchev–Trinajstić information content (AvgIpc) is 3.39. The molecular weight excluding hydrogens is 610 g/mol. The highest BCUT2D eigenvalue weighted by Crippen LogP contribution is 2.62. The molecule has 4 heterocycles. The van der Waals surface area contributed by atoms with Crippen LogP contribution in [0, 0.1) is 0 Å². The van der Waals surface area contributed by atoms with Gasteiger partial charge in [0.05, 0.1) is 11.7 Å². The fourth-order valence-corrected chi connectivity index (χ4v) is 6.18. The number of nitrogens with zero attached hydrogens (tertiary/aromatic N) is 8. The van der Waals surface area contributed by atoms with Crippen molar-refractivity contribution in [1.29, 1.82) is 0 Å². The second-order valence-corrected chi connectivity index (χ2v) is 11.3. The summed E-state index contributed by atoms with van der Waals surface area (Å²) in [6, 6.07) is 16.4. The van der Waals surface area contributed by atoms with E-state index >= 15 is 0 Å². The molecule has 3 aliphatic rings.